The van der Waals surface area contributed by atoms with Crippen LogP contribution in [-0.2, 0) is 6.54 Å². The minimum atomic E-state index is -0.655. The lowest BCUT2D eigenvalue weighted by atomic mass is 10.0. The normalized spacial score (nSPS) is 22.2. The fourth-order valence-electron chi connectivity index (χ4n) is 2.72. The maximum Gasteiger partial charge on any atom is 0.323 e. The number of nitrogens with one attached hydrogen (secondary N) is 3. The number of aromatic nitrogens is 3. The number of likely N-dealkylation sites (tertiary alicyclic amines) is 1. The van der Waals surface area contributed by atoms with Crippen LogP contribution in [0, 0.1) is 6.92 Å². The van der Waals surface area contributed by atoms with Crippen molar-refractivity contribution in [2.45, 2.75) is 32.0 Å². The molecule has 4 N–H and O–H groups in total. The van der Waals surface area contributed by atoms with Crippen LogP contribution >= 0.6 is 11.3 Å². The van der Waals surface area contributed by atoms with Crippen molar-refractivity contribution in [2.24, 2.45) is 0 Å². The number of β-amino-alcohol motifs (C(OH)–C–C–N with tert-alkyl or cyclic N) is 1. The third-order valence-corrected chi connectivity index (χ3v) is 4.70. The molecule has 2 aromatic rings. The Hall–Kier alpha value is -1.97. The van der Waals surface area contributed by atoms with E-state index in [-0.39, 0.29) is 11.7 Å². The fraction of sp³-hybridized carbons (Fsp3) is 0.500. The Bertz CT molecular complexity index is 737. The number of rotatable bonds is 4. The zero-order chi connectivity index (χ0) is 16.4. The van der Waals surface area contributed by atoms with Crippen molar-refractivity contribution in [1.29, 1.82) is 0 Å². The van der Waals surface area contributed by atoms with Gasteiger partial charge in [0.2, 0.25) is 0 Å². The molecule has 0 spiro atoms. The van der Waals surface area contributed by atoms with Gasteiger partial charge in [0.1, 0.15) is 5.69 Å². The number of thiazole rings is 1. The molecule has 1 saturated heterocycles. The standard InChI is InChI=1S/C14H19N5O3S/c1-8-16-9(7-23-8)5-19-3-2-10(12(20)6-19)17-13(21)11-4-15-14(22)18-11/h4,7,10,12,20H,2-3,5-6H2,1H3,(H,17,21)(H2,15,18,22)/t10-,12-/m1/s1. The third-order valence-electron chi connectivity index (χ3n) is 3.88. The summed E-state index contributed by atoms with van der Waals surface area (Å²) >= 11 is 1.61. The molecule has 1 amide bonds. The van der Waals surface area contributed by atoms with Crippen molar-refractivity contribution in [3.8, 4) is 0 Å². The second-order valence-electron chi connectivity index (χ2n) is 5.69. The van der Waals surface area contributed by atoms with E-state index in [1.807, 2.05) is 12.3 Å². The Labute approximate surface area is 136 Å². The molecule has 1 fully saturated rings. The highest BCUT2D eigenvalue weighted by Gasteiger charge is 2.29. The van der Waals surface area contributed by atoms with E-state index in [9.17, 15) is 14.7 Å². The highest BCUT2D eigenvalue weighted by Crippen LogP contribution is 2.16. The number of hydrogen-bond acceptors (Lipinski definition) is 6. The quantitative estimate of drug-likeness (QED) is 0.619. The van der Waals surface area contributed by atoms with Gasteiger partial charge in [-0.3, -0.25) is 9.69 Å². The summed E-state index contributed by atoms with van der Waals surface area (Å²) in [4.78, 5) is 34.4. The fourth-order valence-corrected chi connectivity index (χ4v) is 3.32. The van der Waals surface area contributed by atoms with E-state index in [0.29, 0.717) is 19.5 Å². The van der Waals surface area contributed by atoms with E-state index < -0.39 is 17.7 Å². The number of aromatic amines is 2. The number of aliphatic hydroxyl groups is 1. The van der Waals surface area contributed by atoms with Gasteiger partial charge in [0.15, 0.2) is 0 Å². The zero-order valence-corrected chi connectivity index (χ0v) is 13.5. The van der Waals surface area contributed by atoms with E-state index >= 15 is 0 Å². The van der Waals surface area contributed by atoms with Crippen LogP contribution in [0.5, 0.6) is 0 Å². The maximum atomic E-state index is 12.0. The van der Waals surface area contributed by atoms with Gasteiger partial charge < -0.3 is 20.4 Å². The van der Waals surface area contributed by atoms with Crippen LogP contribution in [0.2, 0.25) is 0 Å². The van der Waals surface area contributed by atoms with Gasteiger partial charge in [-0.05, 0) is 13.3 Å². The second kappa shape index (κ2) is 6.65. The molecule has 0 bridgehead atoms. The molecule has 0 unspecified atom stereocenters. The molecule has 9 heteroatoms. The minimum absolute atomic E-state index is 0.169. The summed E-state index contributed by atoms with van der Waals surface area (Å²) in [6.45, 7) is 3.91. The monoisotopic (exact) mass is 337 g/mol. The Morgan fingerprint density at radius 3 is 3.04 bits per heavy atom. The van der Waals surface area contributed by atoms with Gasteiger partial charge in [-0.25, -0.2) is 9.78 Å². The molecule has 3 heterocycles. The van der Waals surface area contributed by atoms with E-state index in [4.69, 9.17) is 0 Å². The molecule has 1 aliphatic rings. The van der Waals surface area contributed by atoms with Crippen molar-refractivity contribution in [1.82, 2.24) is 25.2 Å². The SMILES string of the molecule is Cc1nc(CN2CC[C@@H](NC(=O)c3c[nH]c(=O)[nH]3)[C@H](O)C2)cs1. The highest BCUT2D eigenvalue weighted by atomic mass is 32.1. The molecule has 124 valence electrons. The number of aryl methyl sites for hydroxylation is 1. The largest absolute Gasteiger partial charge is 0.390 e. The number of H-pyrrole nitrogens is 2. The molecule has 0 radical (unpaired) electrons. The molecule has 0 aliphatic carbocycles. The van der Waals surface area contributed by atoms with E-state index in [0.717, 1.165) is 17.2 Å². The first-order chi connectivity index (χ1) is 11.0. The van der Waals surface area contributed by atoms with Gasteiger partial charge in [-0.1, -0.05) is 0 Å². The summed E-state index contributed by atoms with van der Waals surface area (Å²) in [5.41, 5.74) is 0.749. The molecule has 0 aromatic carbocycles. The smallest absolute Gasteiger partial charge is 0.323 e. The van der Waals surface area contributed by atoms with Gasteiger partial charge in [0, 0.05) is 31.2 Å². The summed E-state index contributed by atoms with van der Waals surface area (Å²) in [7, 11) is 0. The molecule has 2 aromatic heterocycles. The predicted octanol–water partition coefficient (Wildman–Crippen LogP) is -0.167. The number of carbonyl (C=O) groups is 1. The van der Waals surface area contributed by atoms with Crippen molar-refractivity contribution in [3.05, 3.63) is 38.5 Å². The van der Waals surface area contributed by atoms with Crippen molar-refractivity contribution in [3.63, 3.8) is 0 Å². The van der Waals surface area contributed by atoms with Crippen LogP contribution in [-0.4, -0.2) is 56.1 Å². The number of piperidine rings is 1. The minimum Gasteiger partial charge on any atom is -0.390 e. The van der Waals surface area contributed by atoms with Crippen LogP contribution < -0.4 is 11.0 Å². The van der Waals surface area contributed by atoms with Crippen LogP contribution in [0.1, 0.15) is 27.6 Å². The van der Waals surface area contributed by atoms with Crippen LogP contribution in [0.25, 0.3) is 0 Å². The Morgan fingerprint density at radius 2 is 2.43 bits per heavy atom. The molecule has 23 heavy (non-hydrogen) atoms. The molecular weight excluding hydrogens is 318 g/mol. The number of imidazole rings is 1. The third kappa shape index (κ3) is 3.87. The summed E-state index contributed by atoms with van der Waals surface area (Å²) < 4.78 is 0. The molecule has 3 rings (SSSR count). The van der Waals surface area contributed by atoms with Crippen LogP contribution in [0.3, 0.4) is 0 Å². The topological polar surface area (TPSA) is 114 Å². The number of hydrogen-bond donors (Lipinski definition) is 4. The number of amides is 1. The molecular formula is C14H19N5O3S. The molecule has 1 aliphatic heterocycles. The highest BCUT2D eigenvalue weighted by molar-refractivity contribution is 7.09. The van der Waals surface area contributed by atoms with Gasteiger partial charge in [0.05, 0.1) is 22.8 Å². The van der Waals surface area contributed by atoms with E-state index in [1.165, 1.54) is 6.20 Å². The average Bonchev–Trinajstić information content (AvgIpc) is 3.10. The first-order valence-electron chi connectivity index (χ1n) is 7.41. The first kappa shape index (κ1) is 15.9. The van der Waals surface area contributed by atoms with Gasteiger partial charge in [-0.2, -0.15) is 0 Å². The second-order valence-corrected chi connectivity index (χ2v) is 6.75. The predicted molar refractivity (Wildman–Crippen MR) is 85.4 cm³/mol. The summed E-state index contributed by atoms with van der Waals surface area (Å²) in [5, 5.41) is 16.1. The van der Waals surface area contributed by atoms with Crippen molar-refractivity contribution in [2.75, 3.05) is 13.1 Å². The van der Waals surface area contributed by atoms with Crippen LogP contribution in [0.4, 0.5) is 0 Å². The lowest BCUT2D eigenvalue weighted by molar-refractivity contribution is 0.0345. The molecule has 2 atom stereocenters. The summed E-state index contributed by atoms with van der Waals surface area (Å²) in [5.74, 6) is -0.393. The number of carbonyl (C=O) groups excluding carboxylic acids is 1. The lowest BCUT2D eigenvalue weighted by Crippen LogP contribution is -2.53. The van der Waals surface area contributed by atoms with Crippen LogP contribution in [0.15, 0.2) is 16.4 Å². The molecule has 8 nitrogen and oxygen atoms in total. The van der Waals surface area contributed by atoms with Gasteiger partial charge >= 0.3 is 5.69 Å². The van der Waals surface area contributed by atoms with E-state index in [2.05, 4.69) is 25.2 Å². The molecule has 0 saturated carbocycles. The Morgan fingerprint density at radius 1 is 1.61 bits per heavy atom. The van der Waals surface area contributed by atoms with Gasteiger partial charge in [-0.15, -0.1) is 11.3 Å². The maximum absolute atomic E-state index is 12.0. The Balaban J connectivity index is 1.54. The van der Waals surface area contributed by atoms with E-state index in [1.54, 1.807) is 11.3 Å². The van der Waals surface area contributed by atoms with Crippen molar-refractivity contribution >= 4 is 17.2 Å². The number of aliphatic hydroxyl groups excluding tert-OH is 1. The van der Waals surface area contributed by atoms with Crippen molar-refractivity contribution < 1.29 is 9.90 Å². The lowest BCUT2D eigenvalue weighted by Gasteiger charge is -2.35. The summed E-state index contributed by atoms with van der Waals surface area (Å²) in [6.07, 6.45) is 1.31. The average molecular weight is 337 g/mol. The zero-order valence-electron chi connectivity index (χ0n) is 12.7. The summed E-state index contributed by atoms with van der Waals surface area (Å²) in [6, 6.07) is -0.325. The number of nitrogens with zero attached hydrogens (tertiary/aromatic N) is 2. The Kier molecular flexibility index (Phi) is 4.60. The van der Waals surface area contributed by atoms with Gasteiger partial charge in [0.25, 0.3) is 5.91 Å². The first-order valence-corrected chi connectivity index (χ1v) is 8.29.